The quantitative estimate of drug-likeness (QED) is 0.797. The highest BCUT2D eigenvalue weighted by molar-refractivity contribution is 5.85. The lowest BCUT2D eigenvalue weighted by Gasteiger charge is -2.49. The van der Waals surface area contributed by atoms with E-state index < -0.39 is 0 Å². The van der Waals surface area contributed by atoms with Crippen molar-refractivity contribution in [3.05, 3.63) is 66.2 Å². The van der Waals surface area contributed by atoms with Gasteiger partial charge in [-0.05, 0) is 30.5 Å². The molecule has 2 aromatic rings. The van der Waals surface area contributed by atoms with Crippen molar-refractivity contribution < 1.29 is 4.79 Å². The Bertz CT molecular complexity index is 667. The molecule has 0 unspecified atom stereocenters. The molecule has 2 fully saturated rings. The first-order chi connectivity index (χ1) is 11.3. The number of anilines is 1. The van der Waals surface area contributed by atoms with Crippen molar-refractivity contribution in [1.29, 1.82) is 0 Å². The van der Waals surface area contributed by atoms with Gasteiger partial charge in [0.25, 0.3) is 0 Å². The molecular weight excluding hydrogens is 282 g/mol. The normalized spacial score (nSPS) is 27.6. The van der Waals surface area contributed by atoms with E-state index in [9.17, 15) is 4.79 Å². The number of rotatable bonds is 2. The summed E-state index contributed by atoms with van der Waals surface area (Å²) in [6, 6.07) is 21.7. The van der Waals surface area contributed by atoms with Crippen LogP contribution >= 0.6 is 0 Å². The summed E-state index contributed by atoms with van der Waals surface area (Å²) in [7, 11) is 0. The molecule has 0 amide bonds. The van der Waals surface area contributed by atoms with E-state index in [0.717, 1.165) is 12.8 Å². The Morgan fingerprint density at radius 1 is 0.826 bits per heavy atom. The first kappa shape index (κ1) is 14.5. The molecule has 0 radical (unpaired) electrons. The van der Waals surface area contributed by atoms with Gasteiger partial charge in [-0.2, -0.15) is 0 Å². The maximum absolute atomic E-state index is 12.8. The lowest BCUT2D eigenvalue weighted by Crippen LogP contribution is -2.52. The third kappa shape index (κ3) is 2.67. The monoisotopic (exact) mass is 305 g/mol. The zero-order chi connectivity index (χ0) is 15.6. The number of fused-ring (bicyclic) bond motifs is 1. The van der Waals surface area contributed by atoms with Gasteiger partial charge in [0.2, 0.25) is 0 Å². The fourth-order valence-corrected chi connectivity index (χ4v) is 4.42. The molecule has 4 rings (SSSR count). The number of piperidine rings is 1. The Morgan fingerprint density at radius 2 is 1.48 bits per heavy atom. The van der Waals surface area contributed by atoms with Gasteiger partial charge in [0, 0.05) is 24.1 Å². The van der Waals surface area contributed by atoms with Crippen molar-refractivity contribution in [2.24, 2.45) is 5.92 Å². The van der Waals surface area contributed by atoms with Crippen LogP contribution in [0, 0.1) is 5.92 Å². The molecule has 0 bridgehead atoms. The van der Waals surface area contributed by atoms with Crippen LogP contribution in [0.15, 0.2) is 60.7 Å². The predicted molar refractivity (Wildman–Crippen MR) is 93.5 cm³/mol. The van der Waals surface area contributed by atoms with Crippen LogP contribution in [-0.4, -0.2) is 11.8 Å². The standard InChI is InChI=1S/C21H23NO/c23-21-15-20(16-9-3-1-4-10-16)22(17-11-5-2-6-12-17)19-14-8-7-13-18(19)21/h1-6,9-12,18-20H,7-8,13-15H2/t18-,19+,20+/m1/s1. The van der Waals surface area contributed by atoms with Crippen LogP contribution in [0.3, 0.4) is 0 Å². The second kappa shape index (κ2) is 6.19. The highest BCUT2D eigenvalue weighted by Gasteiger charge is 2.43. The third-order valence-electron chi connectivity index (χ3n) is 5.47. The number of para-hydroxylation sites is 1. The summed E-state index contributed by atoms with van der Waals surface area (Å²) in [4.78, 5) is 15.3. The number of carbonyl (C=O) groups is 1. The number of Topliss-reactive ketones (excluding diaryl/α,β-unsaturated/α-hetero) is 1. The van der Waals surface area contributed by atoms with Gasteiger partial charge in [-0.15, -0.1) is 0 Å². The van der Waals surface area contributed by atoms with Crippen molar-refractivity contribution in [2.75, 3.05) is 4.90 Å². The summed E-state index contributed by atoms with van der Waals surface area (Å²) in [5.41, 5.74) is 2.51. The van der Waals surface area contributed by atoms with Gasteiger partial charge in [-0.3, -0.25) is 4.79 Å². The average Bonchev–Trinajstić information content (AvgIpc) is 2.63. The zero-order valence-electron chi connectivity index (χ0n) is 13.4. The van der Waals surface area contributed by atoms with Crippen molar-refractivity contribution in [1.82, 2.24) is 0 Å². The highest BCUT2D eigenvalue weighted by atomic mass is 16.1. The number of carbonyl (C=O) groups excluding carboxylic acids is 1. The minimum Gasteiger partial charge on any atom is -0.360 e. The minimum atomic E-state index is 0.172. The van der Waals surface area contributed by atoms with E-state index in [-0.39, 0.29) is 12.0 Å². The second-order valence-corrected chi connectivity index (χ2v) is 6.80. The second-order valence-electron chi connectivity index (χ2n) is 6.80. The molecule has 1 aliphatic heterocycles. The SMILES string of the molecule is O=C1C[C@@H](c2ccccc2)N(c2ccccc2)[C@H]2CCCC[C@@H]12. The number of nitrogens with zero attached hydrogens (tertiary/aromatic N) is 1. The van der Waals surface area contributed by atoms with Crippen molar-refractivity contribution >= 4 is 11.5 Å². The first-order valence-corrected chi connectivity index (χ1v) is 8.75. The summed E-state index contributed by atoms with van der Waals surface area (Å²) in [6.07, 6.45) is 5.27. The molecule has 3 atom stereocenters. The molecule has 2 nitrogen and oxygen atoms in total. The van der Waals surface area contributed by atoms with E-state index in [2.05, 4.69) is 59.5 Å². The van der Waals surface area contributed by atoms with Crippen LogP contribution in [0.1, 0.15) is 43.7 Å². The fourth-order valence-electron chi connectivity index (χ4n) is 4.42. The van der Waals surface area contributed by atoms with E-state index >= 15 is 0 Å². The molecule has 118 valence electrons. The van der Waals surface area contributed by atoms with Crippen LogP contribution in [-0.2, 0) is 4.79 Å². The fraction of sp³-hybridized carbons (Fsp3) is 0.381. The van der Waals surface area contributed by atoms with Crippen LogP contribution in [0.5, 0.6) is 0 Å². The molecular formula is C21H23NO. The number of benzene rings is 2. The highest BCUT2D eigenvalue weighted by Crippen LogP contribution is 2.44. The molecule has 0 spiro atoms. The molecule has 0 N–H and O–H groups in total. The van der Waals surface area contributed by atoms with Gasteiger partial charge in [-0.1, -0.05) is 61.4 Å². The average molecular weight is 305 g/mol. The Balaban J connectivity index is 1.78. The number of hydrogen-bond acceptors (Lipinski definition) is 2. The summed E-state index contributed by atoms with van der Waals surface area (Å²) in [5, 5.41) is 0. The van der Waals surface area contributed by atoms with E-state index in [0.29, 0.717) is 18.2 Å². The molecule has 2 heteroatoms. The summed E-state index contributed by atoms with van der Waals surface area (Å²) in [6.45, 7) is 0. The molecule has 1 heterocycles. The molecule has 0 aromatic heterocycles. The molecule has 1 saturated heterocycles. The largest absolute Gasteiger partial charge is 0.360 e. The van der Waals surface area contributed by atoms with Crippen molar-refractivity contribution in [2.45, 2.75) is 44.2 Å². The molecule has 1 aliphatic carbocycles. The van der Waals surface area contributed by atoms with Crippen LogP contribution in [0.4, 0.5) is 5.69 Å². The van der Waals surface area contributed by atoms with Gasteiger partial charge >= 0.3 is 0 Å². The Kier molecular flexibility index (Phi) is 3.90. The lowest BCUT2D eigenvalue weighted by molar-refractivity contribution is -0.126. The predicted octanol–water partition coefficient (Wildman–Crippen LogP) is 4.77. The maximum Gasteiger partial charge on any atom is 0.140 e. The van der Waals surface area contributed by atoms with E-state index in [4.69, 9.17) is 0 Å². The zero-order valence-corrected chi connectivity index (χ0v) is 13.4. The van der Waals surface area contributed by atoms with Gasteiger partial charge < -0.3 is 4.90 Å². The maximum atomic E-state index is 12.8. The van der Waals surface area contributed by atoms with Gasteiger partial charge in [0.05, 0.1) is 6.04 Å². The van der Waals surface area contributed by atoms with E-state index in [1.807, 2.05) is 6.07 Å². The molecule has 2 aliphatic rings. The van der Waals surface area contributed by atoms with Gasteiger partial charge in [0.1, 0.15) is 5.78 Å². The van der Waals surface area contributed by atoms with E-state index in [1.54, 1.807) is 0 Å². The number of ketones is 1. The molecule has 1 saturated carbocycles. The van der Waals surface area contributed by atoms with Crippen LogP contribution < -0.4 is 4.90 Å². The molecule has 2 aromatic carbocycles. The topological polar surface area (TPSA) is 20.3 Å². The van der Waals surface area contributed by atoms with Crippen molar-refractivity contribution in [3.8, 4) is 0 Å². The minimum absolute atomic E-state index is 0.172. The third-order valence-corrected chi connectivity index (χ3v) is 5.47. The van der Waals surface area contributed by atoms with Crippen molar-refractivity contribution in [3.63, 3.8) is 0 Å². The summed E-state index contributed by atoms with van der Waals surface area (Å²) < 4.78 is 0. The summed E-state index contributed by atoms with van der Waals surface area (Å²) in [5.74, 6) is 0.694. The number of hydrogen-bond donors (Lipinski definition) is 0. The van der Waals surface area contributed by atoms with Gasteiger partial charge in [-0.25, -0.2) is 0 Å². The first-order valence-electron chi connectivity index (χ1n) is 8.75. The molecule has 23 heavy (non-hydrogen) atoms. The Labute approximate surface area is 138 Å². The Morgan fingerprint density at radius 3 is 2.22 bits per heavy atom. The van der Waals surface area contributed by atoms with Gasteiger partial charge in [0.15, 0.2) is 0 Å². The van der Waals surface area contributed by atoms with E-state index in [1.165, 1.54) is 24.1 Å². The van der Waals surface area contributed by atoms with Crippen LogP contribution in [0.25, 0.3) is 0 Å². The Hall–Kier alpha value is -2.09. The smallest absolute Gasteiger partial charge is 0.140 e. The lowest BCUT2D eigenvalue weighted by atomic mass is 9.74. The summed E-state index contributed by atoms with van der Waals surface area (Å²) >= 11 is 0. The van der Waals surface area contributed by atoms with Crippen LogP contribution in [0.2, 0.25) is 0 Å².